The number of nitrogens with zero attached hydrogens (tertiary/aromatic N) is 1. The molecule has 2 saturated heterocycles. The molecule has 94 valence electrons. The van der Waals surface area contributed by atoms with Gasteiger partial charge in [0.2, 0.25) is 0 Å². The van der Waals surface area contributed by atoms with Gasteiger partial charge in [0.15, 0.2) is 0 Å². The van der Waals surface area contributed by atoms with Crippen molar-refractivity contribution in [2.24, 2.45) is 5.92 Å². The molecule has 0 aromatic heterocycles. The summed E-state index contributed by atoms with van der Waals surface area (Å²) in [5, 5.41) is 9.02. The van der Waals surface area contributed by atoms with E-state index in [1.165, 1.54) is 19.3 Å². The van der Waals surface area contributed by atoms with Crippen molar-refractivity contribution in [1.82, 2.24) is 4.90 Å². The summed E-state index contributed by atoms with van der Waals surface area (Å²) >= 11 is 0. The van der Waals surface area contributed by atoms with Crippen molar-refractivity contribution in [3.05, 3.63) is 0 Å². The minimum absolute atomic E-state index is 0.284. The Morgan fingerprint density at radius 1 is 1.44 bits per heavy atom. The molecule has 3 heteroatoms. The highest BCUT2D eigenvalue weighted by Crippen LogP contribution is 2.35. The zero-order valence-electron chi connectivity index (χ0n) is 10.6. The zero-order chi connectivity index (χ0) is 11.6. The minimum Gasteiger partial charge on any atom is -0.396 e. The van der Waals surface area contributed by atoms with Crippen LogP contribution in [-0.2, 0) is 4.74 Å². The Labute approximate surface area is 98.8 Å². The monoisotopic (exact) mass is 227 g/mol. The van der Waals surface area contributed by atoms with E-state index in [1.54, 1.807) is 0 Å². The van der Waals surface area contributed by atoms with E-state index in [0.717, 1.165) is 26.1 Å². The van der Waals surface area contributed by atoms with E-state index >= 15 is 0 Å². The summed E-state index contributed by atoms with van der Waals surface area (Å²) in [4.78, 5) is 2.56. The Balaban J connectivity index is 1.87. The van der Waals surface area contributed by atoms with Crippen molar-refractivity contribution in [1.29, 1.82) is 0 Å². The molecule has 0 bridgehead atoms. The predicted molar refractivity (Wildman–Crippen MR) is 64.4 cm³/mol. The van der Waals surface area contributed by atoms with Crippen molar-refractivity contribution < 1.29 is 9.84 Å². The van der Waals surface area contributed by atoms with Gasteiger partial charge >= 0.3 is 0 Å². The third-order valence-electron chi connectivity index (χ3n) is 4.11. The van der Waals surface area contributed by atoms with Gasteiger partial charge in [-0.2, -0.15) is 0 Å². The zero-order valence-corrected chi connectivity index (χ0v) is 10.6. The van der Waals surface area contributed by atoms with Crippen LogP contribution < -0.4 is 0 Å². The molecule has 2 atom stereocenters. The van der Waals surface area contributed by atoms with Crippen molar-refractivity contribution in [3.8, 4) is 0 Å². The Morgan fingerprint density at radius 3 is 2.88 bits per heavy atom. The largest absolute Gasteiger partial charge is 0.396 e. The first-order chi connectivity index (χ1) is 7.62. The highest BCUT2D eigenvalue weighted by atomic mass is 16.5. The fraction of sp³-hybridized carbons (Fsp3) is 1.00. The Kier molecular flexibility index (Phi) is 3.88. The molecule has 2 aliphatic rings. The van der Waals surface area contributed by atoms with Gasteiger partial charge in [0.25, 0.3) is 0 Å². The van der Waals surface area contributed by atoms with Crippen LogP contribution in [0.4, 0.5) is 0 Å². The lowest BCUT2D eigenvalue weighted by atomic mass is 9.94. The topological polar surface area (TPSA) is 32.7 Å². The lowest BCUT2D eigenvalue weighted by Gasteiger charge is -2.33. The normalized spacial score (nSPS) is 34.7. The maximum atomic E-state index is 9.02. The van der Waals surface area contributed by atoms with Crippen molar-refractivity contribution >= 4 is 0 Å². The number of likely N-dealkylation sites (tertiary alicyclic amines) is 1. The molecule has 0 radical (unpaired) electrons. The Morgan fingerprint density at radius 2 is 2.25 bits per heavy atom. The molecule has 2 unspecified atom stereocenters. The predicted octanol–water partition coefficient (Wildman–Crippen LogP) is 1.65. The quantitative estimate of drug-likeness (QED) is 0.792. The van der Waals surface area contributed by atoms with Gasteiger partial charge in [-0.05, 0) is 45.4 Å². The van der Waals surface area contributed by atoms with E-state index in [9.17, 15) is 0 Å². The molecule has 0 saturated carbocycles. The second-order valence-corrected chi connectivity index (χ2v) is 5.93. The second-order valence-electron chi connectivity index (χ2n) is 5.93. The summed E-state index contributed by atoms with van der Waals surface area (Å²) in [5.74, 6) is 0.668. The summed E-state index contributed by atoms with van der Waals surface area (Å²) in [6.45, 7) is 8.12. The molecule has 2 aliphatic heterocycles. The molecule has 2 fully saturated rings. The maximum absolute atomic E-state index is 9.02. The molecule has 0 spiro atoms. The summed E-state index contributed by atoms with van der Waals surface area (Å²) in [6.07, 6.45) is 5.05. The molecule has 2 rings (SSSR count). The second kappa shape index (κ2) is 5.03. The molecule has 0 aromatic carbocycles. The maximum Gasteiger partial charge on any atom is 0.0703 e. The first-order valence-electron chi connectivity index (χ1n) is 6.59. The first-order valence-corrected chi connectivity index (χ1v) is 6.59. The van der Waals surface area contributed by atoms with E-state index in [1.807, 2.05) is 0 Å². The average molecular weight is 227 g/mol. The van der Waals surface area contributed by atoms with Crippen LogP contribution >= 0.6 is 0 Å². The Hall–Kier alpha value is -0.120. The molecule has 16 heavy (non-hydrogen) atoms. The molecular formula is C13H25NO2. The highest BCUT2D eigenvalue weighted by Gasteiger charge is 2.39. The van der Waals surface area contributed by atoms with Crippen LogP contribution in [0.15, 0.2) is 0 Å². The Bertz CT molecular complexity index is 224. The molecule has 1 N–H and O–H groups in total. The fourth-order valence-electron chi connectivity index (χ4n) is 3.19. The summed E-state index contributed by atoms with van der Waals surface area (Å²) in [6, 6.07) is 0. The van der Waals surface area contributed by atoms with Crippen LogP contribution in [0.3, 0.4) is 0 Å². The number of ether oxygens (including phenoxy) is 1. The molecular weight excluding hydrogens is 202 g/mol. The lowest BCUT2D eigenvalue weighted by molar-refractivity contribution is 0.0507. The number of hydrogen-bond donors (Lipinski definition) is 1. The molecule has 0 aromatic rings. The standard InChI is InChI=1S/C13H25NO2/c1-13(2)8-11(5-6-15)9-14(13)10-12-4-3-7-16-12/h11-12,15H,3-10H2,1-2H3. The van der Waals surface area contributed by atoms with Crippen molar-refractivity contribution in [2.45, 2.75) is 51.2 Å². The SMILES string of the molecule is CC1(C)CC(CCO)CN1CC1CCCO1. The smallest absolute Gasteiger partial charge is 0.0703 e. The summed E-state index contributed by atoms with van der Waals surface area (Å²) < 4.78 is 5.71. The summed E-state index contributed by atoms with van der Waals surface area (Å²) in [5.41, 5.74) is 0.284. The number of aliphatic hydroxyl groups excluding tert-OH is 1. The number of rotatable bonds is 4. The van der Waals surface area contributed by atoms with Gasteiger partial charge in [-0.1, -0.05) is 0 Å². The van der Waals surface area contributed by atoms with Crippen LogP contribution in [0.1, 0.15) is 39.5 Å². The third-order valence-corrected chi connectivity index (χ3v) is 4.11. The van der Waals surface area contributed by atoms with E-state index in [0.29, 0.717) is 18.6 Å². The van der Waals surface area contributed by atoms with Gasteiger partial charge in [0.1, 0.15) is 0 Å². The summed E-state index contributed by atoms with van der Waals surface area (Å²) in [7, 11) is 0. The molecule has 3 nitrogen and oxygen atoms in total. The van der Waals surface area contributed by atoms with E-state index in [2.05, 4.69) is 18.7 Å². The van der Waals surface area contributed by atoms with E-state index in [-0.39, 0.29) is 5.54 Å². The van der Waals surface area contributed by atoms with E-state index in [4.69, 9.17) is 9.84 Å². The van der Waals surface area contributed by atoms with Crippen LogP contribution in [0, 0.1) is 5.92 Å². The van der Waals surface area contributed by atoms with E-state index < -0.39 is 0 Å². The van der Waals surface area contributed by atoms with Gasteiger partial charge in [-0.3, -0.25) is 4.90 Å². The fourth-order valence-corrected chi connectivity index (χ4v) is 3.19. The first kappa shape index (κ1) is 12.3. The minimum atomic E-state index is 0.284. The van der Waals surface area contributed by atoms with Crippen molar-refractivity contribution in [3.63, 3.8) is 0 Å². The third kappa shape index (κ3) is 2.76. The highest BCUT2D eigenvalue weighted by molar-refractivity contribution is 4.93. The molecule has 0 aliphatic carbocycles. The van der Waals surface area contributed by atoms with Gasteiger partial charge in [-0.25, -0.2) is 0 Å². The van der Waals surface area contributed by atoms with Crippen LogP contribution in [0.2, 0.25) is 0 Å². The van der Waals surface area contributed by atoms with Crippen LogP contribution in [0.5, 0.6) is 0 Å². The molecule has 2 heterocycles. The van der Waals surface area contributed by atoms with Gasteiger partial charge in [0, 0.05) is 31.8 Å². The average Bonchev–Trinajstić information content (AvgIpc) is 2.77. The number of aliphatic hydroxyl groups is 1. The molecule has 0 amide bonds. The van der Waals surface area contributed by atoms with Crippen LogP contribution in [-0.4, -0.2) is 48.0 Å². The van der Waals surface area contributed by atoms with Crippen molar-refractivity contribution in [2.75, 3.05) is 26.3 Å². The lowest BCUT2D eigenvalue weighted by Crippen LogP contribution is -2.42. The van der Waals surface area contributed by atoms with Gasteiger partial charge < -0.3 is 9.84 Å². The van der Waals surface area contributed by atoms with Crippen LogP contribution in [0.25, 0.3) is 0 Å². The van der Waals surface area contributed by atoms with Gasteiger partial charge in [-0.15, -0.1) is 0 Å². The van der Waals surface area contributed by atoms with Gasteiger partial charge in [0.05, 0.1) is 6.10 Å². The number of hydrogen-bond acceptors (Lipinski definition) is 3.